The van der Waals surface area contributed by atoms with E-state index in [1.807, 2.05) is 36.4 Å². The first kappa shape index (κ1) is 19.4. The Morgan fingerprint density at radius 1 is 1.04 bits per heavy atom. The van der Waals surface area contributed by atoms with Crippen molar-refractivity contribution in [2.24, 2.45) is 0 Å². The number of likely N-dealkylation sites (N-methyl/N-ethyl adjacent to an activating group) is 1. The first-order valence-electron chi connectivity index (χ1n) is 8.47. The quantitative estimate of drug-likeness (QED) is 0.773. The zero-order chi connectivity index (χ0) is 18.5. The van der Waals surface area contributed by atoms with Crippen LogP contribution in [0.15, 0.2) is 60.7 Å². The molecule has 0 radical (unpaired) electrons. The molecule has 2 rings (SSSR count). The van der Waals surface area contributed by atoms with Crippen LogP contribution in [-0.2, 0) is 9.22 Å². The van der Waals surface area contributed by atoms with Crippen LogP contribution in [0.1, 0.15) is 20.8 Å². The van der Waals surface area contributed by atoms with Gasteiger partial charge in [0.15, 0.2) is 6.10 Å². The fourth-order valence-electron chi connectivity index (χ4n) is 3.21. The predicted octanol–water partition coefficient (Wildman–Crippen LogP) is 1.67. The second-order valence-corrected chi connectivity index (χ2v) is 11.4. The summed E-state index contributed by atoms with van der Waals surface area (Å²) in [5.74, 6) is -0.432. The van der Waals surface area contributed by atoms with Gasteiger partial charge < -0.3 is 14.8 Å². The third-order valence-electron chi connectivity index (χ3n) is 4.42. The third-order valence-corrected chi connectivity index (χ3v) is 9.43. The van der Waals surface area contributed by atoms with E-state index in [0.717, 1.165) is 10.4 Å². The van der Waals surface area contributed by atoms with Gasteiger partial charge in [-0.1, -0.05) is 81.4 Å². The molecule has 0 heterocycles. The van der Waals surface area contributed by atoms with Gasteiger partial charge in [-0.2, -0.15) is 0 Å². The lowest BCUT2D eigenvalue weighted by molar-refractivity contribution is -0.130. The molecular weight excluding hydrogens is 330 g/mol. The summed E-state index contributed by atoms with van der Waals surface area (Å²) in [6.45, 7) is 6.44. The first-order valence-corrected chi connectivity index (χ1v) is 10.4. The summed E-state index contributed by atoms with van der Waals surface area (Å²) >= 11 is 0. The van der Waals surface area contributed by atoms with Crippen molar-refractivity contribution >= 4 is 24.6 Å². The molecule has 0 aliphatic heterocycles. The van der Waals surface area contributed by atoms with Crippen LogP contribution >= 0.6 is 0 Å². The van der Waals surface area contributed by atoms with Crippen LogP contribution in [0.3, 0.4) is 0 Å². The largest absolute Gasteiger partial charge is 0.404 e. The molecule has 0 aromatic heterocycles. The van der Waals surface area contributed by atoms with E-state index < -0.39 is 20.3 Å². The Bertz CT molecular complexity index is 644. The highest BCUT2D eigenvalue weighted by Crippen LogP contribution is 2.36. The van der Waals surface area contributed by atoms with E-state index in [9.17, 15) is 9.90 Å². The molecule has 0 saturated heterocycles. The van der Waals surface area contributed by atoms with Crippen molar-refractivity contribution in [2.75, 3.05) is 13.7 Å². The van der Waals surface area contributed by atoms with Gasteiger partial charge in [-0.3, -0.25) is 4.79 Å². The van der Waals surface area contributed by atoms with E-state index in [4.69, 9.17) is 4.43 Å². The summed E-state index contributed by atoms with van der Waals surface area (Å²) in [4.78, 5) is 11.7. The number of rotatable bonds is 6. The van der Waals surface area contributed by atoms with E-state index >= 15 is 0 Å². The summed E-state index contributed by atoms with van der Waals surface area (Å²) in [6.07, 6.45) is -1.19. The Morgan fingerprint density at radius 2 is 1.48 bits per heavy atom. The van der Waals surface area contributed by atoms with Crippen molar-refractivity contribution in [3.63, 3.8) is 0 Å². The van der Waals surface area contributed by atoms with Crippen LogP contribution < -0.4 is 15.7 Å². The predicted molar refractivity (Wildman–Crippen MR) is 104 cm³/mol. The van der Waals surface area contributed by atoms with Gasteiger partial charge in [0.25, 0.3) is 14.2 Å². The van der Waals surface area contributed by atoms with Crippen LogP contribution in [0.25, 0.3) is 0 Å². The van der Waals surface area contributed by atoms with Gasteiger partial charge in [0.1, 0.15) is 0 Å². The lowest BCUT2D eigenvalue weighted by Crippen LogP contribution is -2.67. The molecule has 2 aromatic rings. The monoisotopic (exact) mass is 357 g/mol. The van der Waals surface area contributed by atoms with Crippen molar-refractivity contribution in [3.8, 4) is 0 Å². The molecule has 1 atom stereocenters. The van der Waals surface area contributed by atoms with E-state index in [1.165, 1.54) is 7.05 Å². The van der Waals surface area contributed by atoms with Gasteiger partial charge in [-0.05, 0) is 15.4 Å². The van der Waals surface area contributed by atoms with Crippen LogP contribution in [0.4, 0.5) is 0 Å². The maximum absolute atomic E-state index is 11.7. The third kappa shape index (κ3) is 4.00. The maximum Gasteiger partial charge on any atom is 0.261 e. The summed E-state index contributed by atoms with van der Waals surface area (Å²) in [6, 6.07) is 20.3. The molecule has 0 bridgehead atoms. The number of benzene rings is 2. The average molecular weight is 358 g/mol. The number of aliphatic hydroxyl groups excluding tert-OH is 1. The highest BCUT2D eigenvalue weighted by atomic mass is 28.4. The number of carbonyl (C=O) groups is 1. The summed E-state index contributed by atoms with van der Waals surface area (Å²) in [5.41, 5.74) is 0. The van der Waals surface area contributed by atoms with Crippen molar-refractivity contribution < 1.29 is 14.3 Å². The minimum absolute atomic E-state index is 0.0348. The Hall–Kier alpha value is -1.95. The van der Waals surface area contributed by atoms with Gasteiger partial charge in [-0.15, -0.1) is 0 Å². The number of carbonyl (C=O) groups excluding carboxylic acids is 1. The first-order chi connectivity index (χ1) is 11.8. The van der Waals surface area contributed by atoms with Crippen molar-refractivity contribution in [1.29, 1.82) is 0 Å². The zero-order valence-corrected chi connectivity index (χ0v) is 16.3. The molecule has 25 heavy (non-hydrogen) atoms. The highest BCUT2D eigenvalue weighted by molar-refractivity contribution is 6.99. The number of amides is 1. The van der Waals surface area contributed by atoms with Gasteiger partial charge >= 0.3 is 0 Å². The molecule has 5 heteroatoms. The number of nitrogens with one attached hydrogen (secondary N) is 1. The molecule has 1 amide bonds. The number of hydrogen-bond acceptors (Lipinski definition) is 3. The minimum Gasteiger partial charge on any atom is -0.404 e. The van der Waals surface area contributed by atoms with Crippen LogP contribution in [-0.4, -0.2) is 39.1 Å². The molecule has 4 nitrogen and oxygen atoms in total. The van der Waals surface area contributed by atoms with Crippen LogP contribution in [0.2, 0.25) is 5.04 Å². The summed E-state index contributed by atoms with van der Waals surface area (Å²) in [7, 11) is -1.20. The molecule has 0 fully saturated rings. The zero-order valence-electron chi connectivity index (χ0n) is 15.3. The Kier molecular flexibility index (Phi) is 6.16. The molecule has 2 aromatic carbocycles. The average Bonchev–Trinajstić information content (AvgIpc) is 2.62. The van der Waals surface area contributed by atoms with E-state index in [0.29, 0.717) is 0 Å². The highest BCUT2D eigenvalue weighted by Gasteiger charge is 2.50. The van der Waals surface area contributed by atoms with Crippen molar-refractivity contribution in [2.45, 2.75) is 31.9 Å². The molecule has 0 aliphatic rings. The molecule has 0 unspecified atom stereocenters. The summed E-state index contributed by atoms with van der Waals surface area (Å²) < 4.78 is 6.48. The second-order valence-electron chi connectivity index (χ2n) is 7.10. The topological polar surface area (TPSA) is 58.6 Å². The van der Waals surface area contributed by atoms with Crippen molar-refractivity contribution in [3.05, 3.63) is 60.7 Å². The number of aliphatic hydroxyl groups is 1. The van der Waals surface area contributed by atoms with Crippen LogP contribution in [0, 0.1) is 0 Å². The normalized spacial score (nSPS) is 13.3. The molecular formula is C20H27NO3Si. The van der Waals surface area contributed by atoms with E-state index in [-0.39, 0.29) is 11.6 Å². The molecule has 0 saturated carbocycles. The van der Waals surface area contributed by atoms with Gasteiger partial charge in [-0.25, -0.2) is 0 Å². The Labute approximate surface area is 151 Å². The molecule has 0 spiro atoms. The smallest absolute Gasteiger partial charge is 0.261 e. The summed E-state index contributed by atoms with van der Waals surface area (Å²) in [5, 5.41) is 14.7. The fourth-order valence-corrected chi connectivity index (χ4v) is 7.77. The molecule has 0 aliphatic carbocycles. The standard InChI is InChI=1S/C20H27NO3Si/c1-20(2,3)25(16-11-7-5-8-12-16,17-13-9-6-10-14-17)24-15-18(22)19(23)21-4/h5-14,18,22H,15H2,1-4H3,(H,21,23)/t18-/m1/s1. The SMILES string of the molecule is CNC(=O)[C@H](O)CO[Si](c1ccccc1)(c1ccccc1)C(C)(C)C. The van der Waals surface area contributed by atoms with Gasteiger partial charge in [0.2, 0.25) is 0 Å². The number of hydrogen-bond donors (Lipinski definition) is 2. The lowest BCUT2D eigenvalue weighted by atomic mass is 10.2. The Morgan fingerprint density at radius 3 is 1.84 bits per heavy atom. The van der Waals surface area contributed by atoms with Gasteiger partial charge in [0, 0.05) is 7.05 Å². The second kappa shape index (κ2) is 7.95. The molecule has 2 N–H and O–H groups in total. The van der Waals surface area contributed by atoms with Gasteiger partial charge in [0.05, 0.1) is 6.61 Å². The maximum atomic E-state index is 11.7. The van der Waals surface area contributed by atoms with E-state index in [1.54, 1.807) is 0 Å². The van der Waals surface area contributed by atoms with Crippen molar-refractivity contribution in [1.82, 2.24) is 5.32 Å². The fraction of sp³-hybridized carbons (Fsp3) is 0.350. The Balaban J connectivity index is 2.55. The minimum atomic E-state index is -2.71. The lowest BCUT2D eigenvalue weighted by Gasteiger charge is -2.43. The van der Waals surface area contributed by atoms with Crippen LogP contribution in [0.5, 0.6) is 0 Å². The molecule has 134 valence electrons. The van der Waals surface area contributed by atoms with E-state index in [2.05, 4.69) is 50.4 Å².